The third-order valence-corrected chi connectivity index (χ3v) is 1.62. The van der Waals surface area contributed by atoms with Crippen LogP contribution in [-0.2, 0) is 4.79 Å². The maximum absolute atomic E-state index is 11.2. The molecule has 0 fully saturated rings. The smallest absolute Gasteiger partial charge is 0.338 e. The first-order chi connectivity index (χ1) is 6.65. The average molecular weight is 192 g/mol. The van der Waals surface area contributed by atoms with Crippen LogP contribution in [0.4, 0.5) is 0 Å². The molecule has 0 saturated heterocycles. The maximum atomic E-state index is 11.2. The zero-order valence-electron chi connectivity index (χ0n) is 8.24. The van der Waals surface area contributed by atoms with Gasteiger partial charge in [0.2, 0.25) is 0 Å². The molecule has 74 valence electrons. The molecule has 3 heteroatoms. The summed E-state index contributed by atoms with van der Waals surface area (Å²) in [7, 11) is 1.52. The molecule has 0 unspecified atom stereocenters. The van der Waals surface area contributed by atoms with E-state index in [9.17, 15) is 4.79 Å². The maximum Gasteiger partial charge on any atom is 0.338 e. The fraction of sp³-hybridized carbons (Fsp3) is 0.182. The van der Waals surface area contributed by atoms with Gasteiger partial charge in [0.05, 0.1) is 7.11 Å². The van der Waals surface area contributed by atoms with Gasteiger partial charge in [-0.3, -0.25) is 0 Å². The second-order valence-corrected chi connectivity index (χ2v) is 2.82. The molecule has 0 aliphatic rings. The molecule has 0 saturated carbocycles. The molecule has 0 aliphatic heterocycles. The van der Waals surface area contributed by atoms with Crippen molar-refractivity contribution < 1.29 is 14.3 Å². The second-order valence-electron chi connectivity index (χ2n) is 2.82. The highest BCUT2D eigenvalue weighted by atomic mass is 16.6. The number of hydrogen-bond donors (Lipinski definition) is 0. The van der Waals surface area contributed by atoms with Crippen LogP contribution in [-0.4, -0.2) is 13.1 Å². The molecule has 0 amide bonds. The van der Waals surface area contributed by atoms with Gasteiger partial charge in [-0.2, -0.15) is 0 Å². The summed E-state index contributed by atoms with van der Waals surface area (Å²) < 4.78 is 10.1. The van der Waals surface area contributed by atoms with E-state index in [2.05, 4.69) is 6.58 Å². The van der Waals surface area contributed by atoms with Crippen LogP contribution in [0.5, 0.6) is 11.5 Å². The van der Waals surface area contributed by atoms with Crippen molar-refractivity contribution in [3.8, 4) is 11.5 Å². The van der Waals surface area contributed by atoms with E-state index in [1.807, 2.05) is 0 Å². The van der Waals surface area contributed by atoms with E-state index in [0.29, 0.717) is 17.1 Å². The van der Waals surface area contributed by atoms with Crippen molar-refractivity contribution in [1.82, 2.24) is 0 Å². The average Bonchev–Trinajstić information content (AvgIpc) is 2.18. The van der Waals surface area contributed by atoms with Crippen LogP contribution in [0.2, 0.25) is 0 Å². The Morgan fingerprint density at radius 1 is 1.29 bits per heavy atom. The number of carbonyl (C=O) groups excluding carboxylic acids is 1. The third-order valence-electron chi connectivity index (χ3n) is 1.62. The van der Waals surface area contributed by atoms with Gasteiger partial charge in [-0.15, -0.1) is 0 Å². The van der Waals surface area contributed by atoms with E-state index in [1.165, 1.54) is 7.11 Å². The Bertz CT molecular complexity index is 355. The Morgan fingerprint density at radius 3 is 2.36 bits per heavy atom. The molecule has 0 N–H and O–H groups in total. The molecule has 1 aromatic rings. The number of methoxy groups -OCH3 is 1. The molecular formula is C11H12O3. The van der Waals surface area contributed by atoms with Gasteiger partial charge in [-0.05, 0) is 19.1 Å². The Kier molecular flexibility index (Phi) is 3.29. The molecule has 0 heterocycles. The Balaban J connectivity index is 2.85. The molecule has 0 bridgehead atoms. The molecule has 1 rings (SSSR count). The van der Waals surface area contributed by atoms with E-state index in [0.717, 1.165) is 0 Å². The number of benzene rings is 1. The highest BCUT2D eigenvalue weighted by Gasteiger charge is 2.08. The number of esters is 1. The third kappa shape index (κ3) is 2.36. The summed E-state index contributed by atoms with van der Waals surface area (Å²) in [6, 6.07) is 6.96. The van der Waals surface area contributed by atoms with Crippen molar-refractivity contribution in [1.29, 1.82) is 0 Å². The zero-order valence-corrected chi connectivity index (χ0v) is 8.24. The summed E-state index contributed by atoms with van der Waals surface area (Å²) >= 11 is 0. The number of rotatable bonds is 3. The predicted octanol–water partition coefficient (Wildman–Crippen LogP) is 2.18. The molecule has 0 spiro atoms. The molecule has 1 aromatic carbocycles. The number of para-hydroxylation sites is 2. The van der Waals surface area contributed by atoms with Crippen molar-refractivity contribution in [3.63, 3.8) is 0 Å². The van der Waals surface area contributed by atoms with Crippen LogP contribution in [0.1, 0.15) is 6.92 Å². The lowest BCUT2D eigenvalue weighted by molar-refractivity contribution is -0.130. The summed E-state index contributed by atoms with van der Waals surface area (Å²) in [6.45, 7) is 5.09. The predicted molar refractivity (Wildman–Crippen MR) is 53.4 cm³/mol. The number of carbonyl (C=O) groups is 1. The number of ether oxygens (including phenoxy) is 2. The van der Waals surface area contributed by atoms with Gasteiger partial charge in [0.15, 0.2) is 11.5 Å². The normalized spacial score (nSPS) is 9.29. The number of hydrogen-bond acceptors (Lipinski definition) is 3. The van der Waals surface area contributed by atoms with Crippen LogP contribution >= 0.6 is 0 Å². The SMILES string of the molecule is C=C(C)C(=O)Oc1ccccc1OC. The Labute approximate surface area is 83.0 Å². The first kappa shape index (κ1) is 10.3. The molecular weight excluding hydrogens is 180 g/mol. The van der Waals surface area contributed by atoms with Crippen LogP contribution in [0.25, 0.3) is 0 Å². The van der Waals surface area contributed by atoms with Crippen LogP contribution in [0.3, 0.4) is 0 Å². The van der Waals surface area contributed by atoms with Gasteiger partial charge in [0.1, 0.15) is 0 Å². The summed E-state index contributed by atoms with van der Waals surface area (Å²) in [4.78, 5) is 11.2. The van der Waals surface area contributed by atoms with Crippen LogP contribution in [0.15, 0.2) is 36.4 Å². The first-order valence-corrected chi connectivity index (χ1v) is 4.16. The minimum atomic E-state index is -0.450. The summed E-state index contributed by atoms with van der Waals surface area (Å²) in [5.74, 6) is 0.486. The van der Waals surface area contributed by atoms with Crippen molar-refractivity contribution >= 4 is 5.97 Å². The van der Waals surface area contributed by atoms with Crippen molar-refractivity contribution in [2.24, 2.45) is 0 Å². The van der Waals surface area contributed by atoms with Gasteiger partial charge in [-0.1, -0.05) is 18.7 Å². The minimum absolute atomic E-state index is 0.357. The molecule has 0 atom stereocenters. The van der Waals surface area contributed by atoms with E-state index < -0.39 is 5.97 Å². The Morgan fingerprint density at radius 2 is 1.86 bits per heavy atom. The van der Waals surface area contributed by atoms with Crippen LogP contribution in [0, 0.1) is 0 Å². The standard InChI is InChI=1S/C11H12O3/c1-8(2)11(12)14-10-7-5-4-6-9(10)13-3/h4-7H,1H2,2-3H3. The second kappa shape index (κ2) is 4.46. The van der Waals surface area contributed by atoms with E-state index in [1.54, 1.807) is 31.2 Å². The van der Waals surface area contributed by atoms with Crippen molar-refractivity contribution in [3.05, 3.63) is 36.4 Å². The minimum Gasteiger partial charge on any atom is -0.493 e. The molecule has 3 nitrogen and oxygen atoms in total. The quantitative estimate of drug-likeness (QED) is 0.418. The first-order valence-electron chi connectivity index (χ1n) is 4.16. The lowest BCUT2D eigenvalue weighted by Gasteiger charge is -2.07. The fourth-order valence-electron chi connectivity index (χ4n) is 0.890. The van der Waals surface area contributed by atoms with E-state index in [4.69, 9.17) is 9.47 Å². The molecule has 0 aliphatic carbocycles. The Hall–Kier alpha value is -1.77. The summed E-state index contributed by atoms with van der Waals surface area (Å²) in [5.41, 5.74) is 0.357. The molecule has 14 heavy (non-hydrogen) atoms. The topological polar surface area (TPSA) is 35.5 Å². The lowest BCUT2D eigenvalue weighted by atomic mass is 10.3. The van der Waals surface area contributed by atoms with Gasteiger partial charge < -0.3 is 9.47 Å². The van der Waals surface area contributed by atoms with Crippen LogP contribution < -0.4 is 9.47 Å². The van der Waals surface area contributed by atoms with Gasteiger partial charge in [0.25, 0.3) is 0 Å². The van der Waals surface area contributed by atoms with Crippen molar-refractivity contribution in [2.75, 3.05) is 7.11 Å². The van der Waals surface area contributed by atoms with Gasteiger partial charge in [0, 0.05) is 5.57 Å². The van der Waals surface area contributed by atoms with E-state index in [-0.39, 0.29) is 0 Å². The highest BCUT2D eigenvalue weighted by molar-refractivity contribution is 5.89. The zero-order chi connectivity index (χ0) is 10.6. The van der Waals surface area contributed by atoms with Crippen molar-refractivity contribution in [2.45, 2.75) is 6.92 Å². The summed E-state index contributed by atoms with van der Waals surface area (Å²) in [6.07, 6.45) is 0. The monoisotopic (exact) mass is 192 g/mol. The van der Waals surface area contributed by atoms with Gasteiger partial charge in [-0.25, -0.2) is 4.79 Å². The molecule has 0 aromatic heterocycles. The lowest BCUT2D eigenvalue weighted by Crippen LogP contribution is -2.08. The largest absolute Gasteiger partial charge is 0.493 e. The van der Waals surface area contributed by atoms with Gasteiger partial charge >= 0.3 is 5.97 Å². The van der Waals surface area contributed by atoms with E-state index >= 15 is 0 Å². The fourth-order valence-corrected chi connectivity index (χ4v) is 0.890. The summed E-state index contributed by atoms with van der Waals surface area (Å²) in [5, 5.41) is 0. The molecule has 0 radical (unpaired) electrons. The highest BCUT2D eigenvalue weighted by Crippen LogP contribution is 2.26.